The summed E-state index contributed by atoms with van der Waals surface area (Å²) in [5.74, 6) is 0. The van der Waals surface area contributed by atoms with Gasteiger partial charge in [-0.1, -0.05) is 11.6 Å². The van der Waals surface area contributed by atoms with E-state index in [1.165, 1.54) is 16.0 Å². The maximum absolute atomic E-state index is 12.9. The molecular formula is C17H11BrClN3O3S. The Morgan fingerprint density at radius 2 is 2.00 bits per heavy atom. The van der Waals surface area contributed by atoms with E-state index < -0.39 is 16.5 Å². The number of nitrogens with one attached hydrogen (secondary N) is 2. The number of aromatic nitrogens is 3. The number of benzene rings is 1. The molecule has 0 spiro atoms. The number of aryl methyl sites for hydroxylation is 1. The van der Waals surface area contributed by atoms with E-state index in [0.29, 0.717) is 15.9 Å². The highest BCUT2D eigenvalue weighted by Crippen LogP contribution is 2.26. The molecule has 0 bridgehead atoms. The molecule has 0 radical (unpaired) electrons. The summed E-state index contributed by atoms with van der Waals surface area (Å²) in [6, 6.07) is 6.61. The van der Waals surface area contributed by atoms with Crippen LogP contribution in [-0.4, -0.2) is 14.8 Å². The van der Waals surface area contributed by atoms with E-state index in [1.807, 2.05) is 13.0 Å². The first-order chi connectivity index (χ1) is 12.3. The van der Waals surface area contributed by atoms with Gasteiger partial charge in [-0.05, 0) is 52.7 Å². The highest BCUT2D eigenvalue weighted by molar-refractivity contribution is 9.11. The monoisotopic (exact) mass is 451 g/mol. The molecule has 0 unspecified atom stereocenters. The van der Waals surface area contributed by atoms with E-state index in [-0.39, 0.29) is 17.4 Å². The van der Waals surface area contributed by atoms with Gasteiger partial charge in [-0.15, -0.1) is 11.3 Å². The van der Waals surface area contributed by atoms with Gasteiger partial charge in [-0.25, -0.2) is 4.68 Å². The fourth-order valence-corrected chi connectivity index (χ4v) is 4.88. The minimum atomic E-state index is -0.540. The lowest BCUT2D eigenvalue weighted by atomic mass is 10.1. The van der Waals surface area contributed by atoms with E-state index in [1.54, 1.807) is 18.2 Å². The van der Waals surface area contributed by atoms with Crippen LogP contribution in [0, 0.1) is 6.92 Å². The molecule has 4 rings (SSSR count). The van der Waals surface area contributed by atoms with E-state index >= 15 is 0 Å². The molecule has 4 aromatic rings. The Bertz CT molecular complexity index is 1370. The van der Waals surface area contributed by atoms with Crippen molar-refractivity contribution in [2.75, 3.05) is 0 Å². The maximum Gasteiger partial charge on any atom is 0.287 e. The van der Waals surface area contributed by atoms with Crippen LogP contribution < -0.4 is 16.5 Å². The van der Waals surface area contributed by atoms with Crippen molar-refractivity contribution in [3.8, 4) is 0 Å². The van der Waals surface area contributed by atoms with Crippen LogP contribution in [0.15, 0.2) is 42.4 Å². The van der Waals surface area contributed by atoms with Crippen LogP contribution in [-0.2, 0) is 6.54 Å². The van der Waals surface area contributed by atoms with E-state index in [9.17, 15) is 14.4 Å². The fraction of sp³-hybridized carbons (Fsp3) is 0.118. The third-order valence-corrected chi connectivity index (χ3v) is 6.14. The van der Waals surface area contributed by atoms with Crippen LogP contribution in [0.4, 0.5) is 0 Å². The Morgan fingerprint density at radius 3 is 2.69 bits per heavy atom. The lowest BCUT2D eigenvalue weighted by Crippen LogP contribution is -2.34. The molecule has 0 aliphatic heterocycles. The lowest BCUT2D eigenvalue weighted by Gasteiger charge is -2.08. The molecule has 0 saturated carbocycles. The summed E-state index contributed by atoms with van der Waals surface area (Å²) in [5, 5.41) is 3.13. The quantitative estimate of drug-likeness (QED) is 0.457. The molecule has 6 nitrogen and oxygen atoms in total. The van der Waals surface area contributed by atoms with Crippen molar-refractivity contribution in [1.29, 1.82) is 0 Å². The SMILES string of the molecule is Cc1cc(Br)sc1Cn1[nH]c(=O)c2[nH]c3cc(Cl)ccc3c(=O)c2c1=O. The Labute approximate surface area is 163 Å². The summed E-state index contributed by atoms with van der Waals surface area (Å²) in [6.45, 7) is 2.11. The Hall–Kier alpha value is -2.16. The molecule has 9 heteroatoms. The highest BCUT2D eigenvalue weighted by Gasteiger charge is 2.16. The van der Waals surface area contributed by atoms with Crippen molar-refractivity contribution in [3.63, 3.8) is 0 Å². The van der Waals surface area contributed by atoms with Crippen LogP contribution in [0.25, 0.3) is 21.8 Å². The minimum absolute atomic E-state index is 0.0462. The maximum atomic E-state index is 12.9. The van der Waals surface area contributed by atoms with Crippen LogP contribution in [0.2, 0.25) is 5.02 Å². The second-order valence-electron chi connectivity index (χ2n) is 5.88. The molecule has 0 amide bonds. The third-order valence-electron chi connectivity index (χ3n) is 4.18. The number of H-pyrrole nitrogens is 2. The highest BCUT2D eigenvalue weighted by atomic mass is 79.9. The molecule has 0 saturated heterocycles. The van der Waals surface area contributed by atoms with Gasteiger partial charge in [-0.2, -0.15) is 0 Å². The van der Waals surface area contributed by atoms with Gasteiger partial charge in [0.15, 0.2) is 0 Å². The molecule has 0 aliphatic carbocycles. The van der Waals surface area contributed by atoms with Gasteiger partial charge in [0.25, 0.3) is 11.1 Å². The third kappa shape index (κ3) is 2.74. The van der Waals surface area contributed by atoms with Crippen molar-refractivity contribution in [3.05, 3.63) is 74.4 Å². The van der Waals surface area contributed by atoms with Crippen molar-refractivity contribution in [1.82, 2.24) is 14.8 Å². The van der Waals surface area contributed by atoms with Crippen molar-refractivity contribution in [2.45, 2.75) is 13.5 Å². The van der Waals surface area contributed by atoms with Gasteiger partial charge < -0.3 is 4.98 Å². The van der Waals surface area contributed by atoms with Crippen LogP contribution >= 0.6 is 38.9 Å². The van der Waals surface area contributed by atoms with Gasteiger partial charge in [-0.3, -0.25) is 19.5 Å². The average Bonchev–Trinajstić information content (AvgIpc) is 2.89. The first-order valence-electron chi connectivity index (χ1n) is 7.58. The van der Waals surface area contributed by atoms with E-state index in [0.717, 1.165) is 14.2 Å². The number of halogens is 2. The molecular weight excluding hydrogens is 442 g/mol. The number of thiophene rings is 1. The molecule has 3 heterocycles. The average molecular weight is 453 g/mol. The first kappa shape index (κ1) is 17.3. The Kier molecular flexibility index (Phi) is 4.13. The van der Waals surface area contributed by atoms with Crippen LogP contribution in [0.3, 0.4) is 0 Å². The molecule has 0 fully saturated rings. The summed E-state index contributed by atoms with van der Waals surface area (Å²) >= 11 is 10.8. The first-order valence-corrected chi connectivity index (χ1v) is 9.57. The smallest absolute Gasteiger partial charge is 0.287 e. The molecule has 132 valence electrons. The Balaban J connectivity index is 2.03. The van der Waals surface area contributed by atoms with Crippen molar-refractivity contribution in [2.24, 2.45) is 0 Å². The largest absolute Gasteiger partial charge is 0.350 e. The van der Waals surface area contributed by atoms with Crippen molar-refractivity contribution < 1.29 is 0 Å². The summed E-state index contributed by atoms with van der Waals surface area (Å²) < 4.78 is 2.11. The second kappa shape index (κ2) is 6.22. The predicted molar refractivity (Wildman–Crippen MR) is 108 cm³/mol. The normalized spacial score (nSPS) is 11.5. The second-order valence-corrected chi connectivity index (χ2v) is 8.84. The van der Waals surface area contributed by atoms with Gasteiger partial charge in [0.2, 0.25) is 5.43 Å². The lowest BCUT2D eigenvalue weighted by molar-refractivity contribution is 0.640. The standard InChI is InChI=1S/C17H11BrClN3O3S/c1-7-4-12(18)26-11(7)6-22-17(25)13-14(16(24)21-22)20-10-5-8(19)2-3-9(10)15(13)23/h2-5H,6H2,1H3,(H,20,23)(H,21,24). The van der Waals surface area contributed by atoms with E-state index in [2.05, 4.69) is 26.0 Å². The number of fused-ring (bicyclic) bond motifs is 2. The number of nitrogens with zero attached hydrogens (tertiary/aromatic N) is 1. The van der Waals surface area contributed by atoms with Crippen molar-refractivity contribution >= 4 is 60.7 Å². The van der Waals surface area contributed by atoms with Crippen LogP contribution in [0.1, 0.15) is 10.4 Å². The molecule has 0 atom stereocenters. The van der Waals surface area contributed by atoms with E-state index in [4.69, 9.17) is 11.6 Å². The summed E-state index contributed by atoms with van der Waals surface area (Å²) in [7, 11) is 0. The zero-order valence-electron chi connectivity index (χ0n) is 13.4. The predicted octanol–water partition coefficient (Wildman–Crippen LogP) is 3.37. The molecule has 2 N–H and O–H groups in total. The summed E-state index contributed by atoms with van der Waals surface area (Å²) in [4.78, 5) is 42.0. The summed E-state index contributed by atoms with van der Waals surface area (Å²) in [6.07, 6.45) is 0. The fourth-order valence-electron chi connectivity index (χ4n) is 2.89. The zero-order chi connectivity index (χ0) is 18.6. The number of rotatable bonds is 2. The molecule has 26 heavy (non-hydrogen) atoms. The van der Waals surface area contributed by atoms with Gasteiger partial charge in [0.05, 0.1) is 15.8 Å². The van der Waals surface area contributed by atoms with Gasteiger partial charge in [0, 0.05) is 15.3 Å². The number of hydrogen-bond donors (Lipinski definition) is 2. The molecule has 3 aromatic heterocycles. The number of pyridine rings is 1. The summed E-state index contributed by atoms with van der Waals surface area (Å²) in [5.41, 5.74) is -0.199. The Morgan fingerprint density at radius 1 is 1.23 bits per heavy atom. The number of hydrogen-bond acceptors (Lipinski definition) is 4. The van der Waals surface area contributed by atoms with Gasteiger partial charge in [0.1, 0.15) is 10.9 Å². The molecule has 0 aliphatic rings. The molecule has 1 aromatic carbocycles. The van der Waals surface area contributed by atoms with Gasteiger partial charge >= 0.3 is 0 Å². The topological polar surface area (TPSA) is 87.7 Å². The minimum Gasteiger partial charge on any atom is -0.350 e. The number of aromatic amines is 2. The van der Waals surface area contributed by atoms with Crippen LogP contribution in [0.5, 0.6) is 0 Å². The zero-order valence-corrected chi connectivity index (χ0v) is 16.5.